The molecule has 0 bridgehead atoms. The molecule has 0 unspecified atom stereocenters. The number of ether oxygens (including phenoxy) is 4. The summed E-state index contributed by atoms with van der Waals surface area (Å²) in [7, 11) is 3.01. The Hall–Kier alpha value is -4.46. The number of pyridine rings is 1. The van der Waals surface area contributed by atoms with E-state index in [1.54, 1.807) is 74.0 Å². The molecule has 2 aromatic carbocycles. The van der Waals surface area contributed by atoms with Crippen LogP contribution in [0.2, 0.25) is 0 Å². The summed E-state index contributed by atoms with van der Waals surface area (Å²) in [6.45, 7) is 0. The summed E-state index contributed by atoms with van der Waals surface area (Å²) in [5.74, 6) is 0.232. The Balaban J connectivity index is 1.58. The van der Waals surface area contributed by atoms with Crippen LogP contribution < -0.4 is 14.2 Å². The van der Waals surface area contributed by atoms with Crippen molar-refractivity contribution in [2.75, 3.05) is 14.2 Å². The van der Waals surface area contributed by atoms with E-state index in [1.807, 2.05) is 0 Å². The summed E-state index contributed by atoms with van der Waals surface area (Å²) in [5.41, 5.74) is 1.68. The molecular weight excluding hydrogens is 412 g/mol. The van der Waals surface area contributed by atoms with Crippen molar-refractivity contribution in [3.8, 4) is 17.2 Å². The molecule has 0 saturated heterocycles. The number of aliphatic imine (C=N–C) groups is 1. The van der Waals surface area contributed by atoms with Gasteiger partial charge in [0.25, 0.3) is 0 Å². The maximum atomic E-state index is 12.3. The van der Waals surface area contributed by atoms with Gasteiger partial charge >= 0.3 is 11.9 Å². The van der Waals surface area contributed by atoms with Gasteiger partial charge in [0.05, 0.1) is 19.8 Å². The molecule has 32 heavy (non-hydrogen) atoms. The lowest BCUT2D eigenvalue weighted by Gasteiger charge is -2.10. The first-order valence-corrected chi connectivity index (χ1v) is 9.54. The third kappa shape index (κ3) is 4.49. The fourth-order valence-electron chi connectivity index (χ4n) is 2.95. The number of nitrogens with zero attached hydrogens (tertiary/aromatic N) is 2. The molecule has 1 aliphatic rings. The van der Waals surface area contributed by atoms with Crippen molar-refractivity contribution in [2.45, 2.75) is 0 Å². The van der Waals surface area contributed by atoms with E-state index >= 15 is 0 Å². The lowest BCUT2D eigenvalue weighted by atomic mass is 10.1. The highest BCUT2D eigenvalue weighted by Crippen LogP contribution is 2.30. The maximum absolute atomic E-state index is 12.3. The Labute approximate surface area is 183 Å². The molecule has 0 atom stereocenters. The van der Waals surface area contributed by atoms with Gasteiger partial charge in [0.2, 0.25) is 5.90 Å². The van der Waals surface area contributed by atoms with Gasteiger partial charge in [0, 0.05) is 18.0 Å². The summed E-state index contributed by atoms with van der Waals surface area (Å²) in [5, 5.41) is 0. The van der Waals surface area contributed by atoms with E-state index in [1.165, 1.54) is 13.3 Å². The predicted octanol–water partition coefficient (Wildman–Crippen LogP) is 3.66. The first-order chi connectivity index (χ1) is 15.6. The molecule has 8 nitrogen and oxygen atoms in total. The highest BCUT2D eigenvalue weighted by molar-refractivity contribution is 6.13. The molecule has 1 aromatic heterocycles. The number of hydrogen-bond donors (Lipinski definition) is 0. The lowest BCUT2D eigenvalue weighted by molar-refractivity contribution is -0.129. The number of carbonyl (C=O) groups excluding carboxylic acids is 2. The third-order valence-corrected chi connectivity index (χ3v) is 4.53. The van der Waals surface area contributed by atoms with Gasteiger partial charge in [-0.3, -0.25) is 4.98 Å². The van der Waals surface area contributed by atoms with E-state index in [4.69, 9.17) is 18.9 Å². The van der Waals surface area contributed by atoms with Crippen LogP contribution in [0.1, 0.15) is 21.5 Å². The van der Waals surface area contributed by atoms with Gasteiger partial charge in [0.15, 0.2) is 17.2 Å². The van der Waals surface area contributed by atoms with Crippen LogP contribution in [0, 0.1) is 0 Å². The molecule has 8 heteroatoms. The van der Waals surface area contributed by atoms with Gasteiger partial charge in [-0.1, -0.05) is 12.1 Å². The maximum Gasteiger partial charge on any atom is 0.363 e. The van der Waals surface area contributed by atoms with E-state index in [-0.39, 0.29) is 17.3 Å². The zero-order valence-electron chi connectivity index (χ0n) is 17.3. The Bertz CT molecular complexity index is 1230. The molecule has 4 rings (SSSR count). The summed E-state index contributed by atoms with van der Waals surface area (Å²) in [4.78, 5) is 32.8. The summed E-state index contributed by atoms with van der Waals surface area (Å²) >= 11 is 0. The smallest absolute Gasteiger partial charge is 0.363 e. The normalized spacial score (nSPS) is 14.0. The quantitative estimate of drug-likeness (QED) is 0.334. The minimum absolute atomic E-state index is 0.130. The van der Waals surface area contributed by atoms with Crippen LogP contribution in [0.25, 0.3) is 6.08 Å². The molecule has 0 fully saturated rings. The van der Waals surface area contributed by atoms with Gasteiger partial charge in [-0.2, -0.15) is 0 Å². The monoisotopic (exact) mass is 430 g/mol. The first-order valence-electron chi connectivity index (χ1n) is 9.54. The number of methoxy groups -OCH3 is 2. The topological polar surface area (TPSA) is 96.3 Å². The average molecular weight is 430 g/mol. The van der Waals surface area contributed by atoms with Gasteiger partial charge in [-0.15, -0.1) is 0 Å². The SMILES string of the molecule is COc1cccc(C2=N/C(=C\c3ccc(OC(=O)c4cccnc4)c(OC)c3)C(=O)O2)c1. The second kappa shape index (κ2) is 9.13. The number of carbonyl (C=O) groups is 2. The van der Waals surface area contributed by atoms with Crippen molar-refractivity contribution < 1.29 is 28.5 Å². The molecular formula is C24H18N2O6. The van der Waals surface area contributed by atoms with Crippen LogP contribution in [-0.2, 0) is 9.53 Å². The highest BCUT2D eigenvalue weighted by atomic mass is 16.6. The Morgan fingerprint density at radius 3 is 2.62 bits per heavy atom. The second-order valence-corrected chi connectivity index (χ2v) is 6.61. The molecule has 0 aliphatic carbocycles. The summed E-state index contributed by atoms with van der Waals surface area (Å²) in [6, 6.07) is 15.2. The minimum Gasteiger partial charge on any atom is -0.497 e. The zero-order valence-corrected chi connectivity index (χ0v) is 17.3. The minimum atomic E-state index is -0.575. The van der Waals surface area contributed by atoms with Crippen molar-refractivity contribution in [2.24, 2.45) is 4.99 Å². The Morgan fingerprint density at radius 1 is 1.00 bits per heavy atom. The van der Waals surface area contributed by atoms with Crippen LogP contribution in [0.4, 0.5) is 0 Å². The van der Waals surface area contributed by atoms with Crippen LogP contribution in [-0.4, -0.2) is 37.0 Å². The molecule has 3 aromatic rings. The third-order valence-electron chi connectivity index (χ3n) is 4.53. The number of rotatable bonds is 6. The highest BCUT2D eigenvalue weighted by Gasteiger charge is 2.24. The molecule has 0 radical (unpaired) electrons. The van der Waals surface area contributed by atoms with Gasteiger partial charge < -0.3 is 18.9 Å². The fraction of sp³-hybridized carbons (Fsp3) is 0.0833. The van der Waals surface area contributed by atoms with Crippen LogP contribution >= 0.6 is 0 Å². The Morgan fingerprint density at radius 2 is 1.88 bits per heavy atom. The van der Waals surface area contributed by atoms with Gasteiger partial charge in [-0.05, 0) is 54.1 Å². The lowest BCUT2D eigenvalue weighted by Crippen LogP contribution is -2.09. The Kier molecular flexibility index (Phi) is 5.94. The standard InChI is InChI=1S/C24H18N2O6/c1-29-18-7-3-5-16(13-18)22-26-19(24(28)32-22)11-15-8-9-20(21(12-15)30-2)31-23(27)17-6-4-10-25-14-17/h3-14H,1-2H3/b19-11-. The molecule has 0 N–H and O–H groups in total. The second-order valence-electron chi connectivity index (χ2n) is 6.61. The summed E-state index contributed by atoms with van der Waals surface area (Å²) < 4.78 is 21.2. The van der Waals surface area contributed by atoms with E-state index < -0.39 is 11.9 Å². The number of hydrogen-bond acceptors (Lipinski definition) is 8. The van der Waals surface area contributed by atoms with Crippen LogP contribution in [0.5, 0.6) is 17.2 Å². The van der Waals surface area contributed by atoms with Crippen molar-refractivity contribution in [3.05, 3.63) is 89.4 Å². The fourth-order valence-corrected chi connectivity index (χ4v) is 2.95. The number of cyclic esters (lactones) is 1. The first kappa shape index (κ1) is 20.8. The van der Waals surface area contributed by atoms with Crippen molar-refractivity contribution in [1.82, 2.24) is 4.98 Å². The number of benzene rings is 2. The summed E-state index contributed by atoms with van der Waals surface area (Å²) in [6.07, 6.45) is 4.54. The molecule has 0 saturated carbocycles. The average Bonchev–Trinajstić information content (AvgIpc) is 3.20. The molecule has 1 aliphatic heterocycles. The zero-order chi connectivity index (χ0) is 22.5. The van der Waals surface area contributed by atoms with Crippen molar-refractivity contribution in [3.63, 3.8) is 0 Å². The molecule has 160 valence electrons. The largest absolute Gasteiger partial charge is 0.497 e. The van der Waals surface area contributed by atoms with Crippen molar-refractivity contribution in [1.29, 1.82) is 0 Å². The van der Waals surface area contributed by atoms with E-state index in [0.717, 1.165) is 0 Å². The van der Waals surface area contributed by atoms with Gasteiger partial charge in [0.1, 0.15) is 5.75 Å². The molecule has 0 amide bonds. The molecule has 0 spiro atoms. The predicted molar refractivity (Wildman–Crippen MR) is 116 cm³/mol. The number of aromatic nitrogens is 1. The van der Waals surface area contributed by atoms with Crippen LogP contribution in [0.3, 0.4) is 0 Å². The van der Waals surface area contributed by atoms with E-state index in [9.17, 15) is 9.59 Å². The van der Waals surface area contributed by atoms with Crippen LogP contribution in [0.15, 0.2) is 77.7 Å². The van der Waals surface area contributed by atoms with E-state index in [0.29, 0.717) is 28.2 Å². The van der Waals surface area contributed by atoms with Crippen molar-refractivity contribution >= 4 is 23.9 Å². The van der Waals surface area contributed by atoms with Gasteiger partial charge in [-0.25, -0.2) is 14.6 Å². The molecule has 2 heterocycles. The number of esters is 2. The van der Waals surface area contributed by atoms with E-state index in [2.05, 4.69) is 9.98 Å².